The van der Waals surface area contributed by atoms with Crippen molar-refractivity contribution in [2.45, 2.75) is 20.4 Å². The molecule has 0 unspecified atom stereocenters. The van der Waals surface area contributed by atoms with E-state index in [1.54, 1.807) is 6.07 Å². The highest BCUT2D eigenvalue weighted by Crippen LogP contribution is 2.33. The van der Waals surface area contributed by atoms with Crippen LogP contribution in [-0.4, -0.2) is 22.6 Å². The summed E-state index contributed by atoms with van der Waals surface area (Å²) in [6.07, 6.45) is 1.43. The minimum Gasteiger partial charge on any atom is -0.465 e. The summed E-state index contributed by atoms with van der Waals surface area (Å²) < 4.78 is 6.77. The van der Waals surface area contributed by atoms with Crippen molar-refractivity contribution >= 4 is 23.3 Å². The molecule has 7 heteroatoms. The second-order valence-corrected chi connectivity index (χ2v) is 6.80. The van der Waals surface area contributed by atoms with Crippen molar-refractivity contribution < 1.29 is 9.53 Å². The number of hydrogen-bond acceptors (Lipinski definition) is 5. The molecule has 0 bridgehead atoms. The predicted molar refractivity (Wildman–Crippen MR) is 108 cm³/mol. The molecular weight excluding hydrogens is 376 g/mol. The molecule has 0 aliphatic heterocycles. The fourth-order valence-electron chi connectivity index (χ4n) is 3.26. The van der Waals surface area contributed by atoms with Gasteiger partial charge in [0.15, 0.2) is 0 Å². The SMILES string of the molecule is COC(=O)c1cc(Cn2c(C)c(C#N)c(-c3ccc(N)cc3)c2C)ncc1Cl. The molecule has 0 saturated heterocycles. The first-order valence-corrected chi connectivity index (χ1v) is 8.93. The lowest BCUT2D eigenvalue weighted by Crippen LogP contribution is -2.09. The van der Waals surface area contributed by atoms with Gasteiger partial charge < -0.3 is 15.0 Å². The van der Waals surface area contributed by atoms with Crippen molar-refractivity contribution in [1.29, 1.82) is 5.26 Å². The lowest BCUT2D eigenvalue weighted by Gasteiger charge is -2.11. The highest BCUT2D eigenvalue weighted by molar-refractivity contribution is 6.33. The first-order valence-electron chi connectivity index (χ1n) is 8.55. The van der Waals surface area contributed by atoms with Gasteiger partial charge in [0.2, 0.25) is 0 Å². The average Bonchev–Trinajstić information content (AvgIpc) is 2.93. The summed E-state index contributed by atoms with van der Waals surface area (Å²) >= 11 is 6.06. The molecule has 0 atom stereocenters. The van der Waals surface area contributed by atoms with Gasteiger partial charge in [0.1, 0.15) is 6.07 Å². The molecule has 3 aromatic rings. The Morgan fingerprint density at radius 3 is 2.57 bits per heavy atom. The third-order valence-corrected chi connectivity index (χ3v) is 5.03. The fourth-order valence-corrected chi connectivity index (χ4v) is 3.44. The van der Waals surface area contributed by atoms with Crippen LogP contribution in [0.4, 0.5) is 5.69 Å². The topological polar surface area (TPSA) is 93.9 Å². The van der Waals surface area contributed by atoms with E-state index in [1.165, 1.54) is 13.3 Å². The third-order valence-electron chi connectivity index (χ3n) is 4.73. The van der Waals surface area contributed by atoms with Crippen LogP contribution in [0.1, 0.15) is 33.0 Å². The summed E-state index contributed by atoms with van der Waals surface area (Å²) in [4.78, 5) is 16.2. The Bertz CT molecular complexity index is 1100. The number of hydrogen-bond donors (Lipinski definition) is 1. The number of carbonyl (C=O) groups is 1. The van der Waals surface area contributed by atoms with Crippen molar-refractivity contribution in [3.05, 3.63) is 69.8 Å². The fraction of sp³-hybridized carbons (Fsp3) is 0.190. The van der Waals surface area contributed by atoms with Gasteiger partial charge >= 0.3 is 5.97 Å². The van der Waals surface area contributed by atoms with Gasteiger partial charge in [-0.3, -0.25) is 4.98 Å². The third kappa shape index (κ3) is 3.45. The first-order chi connectivity index (χ1) is 13.4. The summed E-state index contributed by atoms with van der Waals surface area (Å²) in [6.45, 7) is 4.24. The number of nitrogen functional groups attached to an aromatic ring is 1. The number of aromatic nitrogens is 2. The second-order valence-electron chi connectivity index (χ2n) is 6.39. The van der Waals surface area contributed by atoms with Crippen LogP contribution in [0.5, 0.6) is 0 Å². The molecule has 0 aliphatic carbocycles. The summed E-state index contributed by atoms with van der Waals surface area (Å²) in [7, 11) is 1.30. The molecule has 0 aliphatic rings. The van der Waals surface area contributed by atoms with Crippen molar-refractivity contribution in [2.24, 2.45) is 0 Å². The molecule has 2 heterocycles. The van der Waals surface area contributed by atoms with Gasteiger partial charge in [-0.25, -0.2) is 4.79 Å². The first kappa shape index (κ1) is 19.5. The monoisotopic (exact) mass is 394 g/mol. The van der Waals surface area contributed by atoms with E-state index in [2.05, 4.69) is 11.1 Å². The minimum atomic E-state index is -0.519. The Morgan fingerprint density at radius 1 is 1.29 bits per heavy atom. The van der Waals surface area contributed by atoms with Crippen molar-refractivity contribution in [2.75, 3.05) is 12.8 Å². The lowest BCUT2D eigenvalue weighted by molar-refractivity contribution is 0.0600. The quantitative estimate of drug-likeness (QED) is 0.530. The Labute approximate surface area is 168 Å². The Balaban J connectivity index is 2.08. The van der Waals surface area contributed by atoms with Crippen LogP contribution < -0.4 is 5.73 Å². The standard InChI is InChI=1S/C21H19ClN4O2/c1-12-18(9-23)20(14-4-6-15(24)7-5-14)13(2)26(12)11-16-8-17(21(27)28-3)19(22)10-25-16/h4-8,10H,11,24H2,1-3H3. The molecule has 1 aromatic carbocycles. The number of anilines is 1. The van der Waals surface area contributed by atoms with Gasteiger partial charge in [-0.2, -0.15) is 5.26 Å². The van der Waals surface area contributed by atoms with E-state index in [0.29, 0.717) is 23.5 Å². The van der Waals surface area contributed by atoms with Crippen LogP contribution in [0.2, 0.25) is 5.02 Å². The van der Waals surface area contributed by atoms with Gasteiger partial charge in [-0.1, -0.05) is 23.7 Å². The molecule has 142 valence electrons. The van der Waals surface area contributed by atoms with Crippen molar-refractivity contribution in [3.8, 4) is 17.2 Å². The molecule has 3 rings (SSSR count). The van der Waals surface area contributed by atoms with E-state index in [4.69, 9.17) is 22.1 Å². The zero-order valence-electron chi connectivity index (χ0n) is 15.8. The molecule has 2 N–H and O–H groups in total. The number of methoxy groups -OCH3 is 1. The normalized spacial score (nSPS) is 10.5. The van der Waals surface area contributed by atoms with Crippen molar-refractivity contribution in [1.82, 2.24) is 9.55 Å². The number of ether oxygens (including phenoxy) is 1. The highest BCUT2D eigenvalue weighted by Gasteiger charge is 2.20. The molecule has 0 spiro atoms. The number of halogens is 1. The van der Waals surface area contributed by atoms with E-state index in [0.717, 1.165) is 22.5 Å². The molecule has 28 heavy (non-hydrogen) atoms. The summed E-state index contributed by atoms with van der Waals surface area (Å²) in [6, 6.07) is 11.3. The van der Waals surface area contributed by atoms with E-state index in [-0.39, 0.29) is 10.6 Å². The molecule has 2 aromatic heterocycles. The average molecular weight is 395 g/mol. The lowest BCUT2D eigenvalue weighted by atomic mass is 10.0. The van der Waals surface area contributed by atoms with Gasteiger partial charge in [0.25, 0.3) is 0 Å². The molecule has 0 amide bonds. The number of benzene rings is 1. The van der Waals surface area contributed by atoms with Crippen LogP contribution in [-0.2, 0) is 11.3 Å². The van der Waals surface area contributed by atoms with Crippen LogP contribution in [0.3, 0.4) is 0 Å². The van der Waals surface area contributed by atoms with E-state index in [1.807, 2.05) is 42.7 Å². The van der Waals surface area contributed by atoms with Gasteiger partial charge in [-0.05, 0) is 37.6 Å². The van der Waals surface area contributed by atoms with Crippen LogP contribution in [0.15, 0.2) is 36.5 Å². The number of nitriles is 1. The van der Waals surface area contributed by atoms with Gasteiger partial charge in [0, 0.05) is 28.8 Å². The maximum atomic E-state index is 11.9. The van der Waals surface area contributed by atoms with Crippen LogP contribution in [0.25, 0.3) is 11.1 Å². The summed E-state index contributed by atoms with van der Waals surface area (Å²) in [5.74, 6) is -0.519. The zero-order valence-corrected chi connectivity index (χ0v) is 16.5. The van der Waals surface area contributed by atoms with Crippen LogP contribution in [0, 0.1) is 25.2 Å². The Morgan fingerprint density at radius 2 is 1.96 bits per heavy atom. The highest BCUT2D eigenvalue weighted by atomic mass is 35.5. The molecular formula is C21H19ClN4O2. The number of nitrogens with two attached hydrogens (primary N) is 1. The molecule has 0 saturated carbocycles. The number of rotatable bonds is 4. The van der Waals surface area contributed by atoms with Gasteiger partial charge in [0.05, 0.1) is 35.5 Å². The Hall–Kier alpha value is -3.30. The maximum Gasteiger partial charge on any atom is 0.339 e. The molecule has 6 nitrogen and oxygen atoms in total. The second kappa shape index (κ2) is 7.75. The summed E-state index contributed by atoms with van der Waals surface area (Å²) in [5, 5.41) is 9.96. The molecule has 0 fully saturated rings. The number of pyridine rings is 1. The van der Waals surface area contributed by atoms with Crippen LogP contribution >= 0.6 is 11.6 Å². The summed E-state index contributed by atoms with van der Waals surface area (Å²) in [5.41, 5.74) is 11.5. The number of carbonyl (C=O) groups excluding carboxylic acids is 1. The largest absolute Gasteiger partial charge is 0.465 e. The zero-order chi connectivity index (χ0) is 20.4. The Kier molecular flexibility index (Phi) is 5.39. The van der Waals surface area contributed by atoms with E-state index < -0.39 is 5.97 Å². The van der Waals surface area contributed by atoms with Crippen molar-refractivity contribution in [3.63, 3.8) is 0 Å². The minimum absolute atomic E-state index is 0.233. The number of esters is 1. The van der Waals surface area contributed by atoms with E-state index in [9.17, 15) is 10.1 Å². The predicted octanol–water partition coefficient (Wildman–Crippen LogP) is 4.11. The maximum absolute atomic E-state index is 11.9. The van der Waals surface area contributed by atoms with Gasteiger partial charge in [-0.15, -0.1) is 0 Å². The smallest absolute Gasteiger partial charge is 0.339 e. The molecule has 0 radical (unpaired) electrons. The van der Waals surface area contributed by atoms with E-state index >= 15 is 0 Å². The number of nitrogens with zero attached hydrogens (tertiary/aromatic N) is 3.